The van der Waals surface area contributed by atoms with Crippen molar-refractivity contribution >= 4 is 11.6 Å². The van der Waals surface area contributed by atoms with Crippen LogP contribution in [0.2, 0.25) is 0 Å². The summed E-state index contributed by atoms with van der Waals surface area (Å²) in [5.74, 6) is -0.141. The van der Waals surface area contributed by atoms with Gasteiger partial charge in [0.1, 0.15) is 0 Å². The lowest BCUT2D eigenvalue weighted by atomic mass is 10.00. The van der Waals surface area contributed by atoms with Crippen LogP contribution in [0.15, 0.2) is 48.5 Å². The zero-order valence-corrected chi connectivity index (χ0v) is 19.0. The minimum Gasteiger partial charge on any atom is -0.390 e. The molecule has 0 radical (unpaired) electrons. The van der Waals surface area contributed by atoms with Gasteiger partial charge in [-0.1, -0.05) is 30.3 Å². The number of amides is 1. The molecule has 2 aliphatic heterocycles. The lowest BCUT2D eigenvalue weighted by Crippen LogP contribution is -2.42. The van der Waals surface area contributed by atoms with Gasteiger partial charge in [-0.15, -0.1) is 0 Å². The summed E-state index contributed by atoms with van der Waals surface area (Å²) in [5, 5.41) is 13.4. The highest BCUT2D eigenvalue weighted by Gasteiger charge is 2.22. The summed E-state index contributed by atoms with van der Waals surface area (Å²) in [6.07, 6.45) is 2.43. The number of anilines is 1. The van der Waals surface area contributed by atoms with E-state index in [0.29, 0.717) is 18.2 Å². The van der Waals surface area contributed by atoms with Crippen molar-refractivity contribution in [2.24, 2.45) is 0 Å². The van der Waals surface area contributed by atoms with Gasteiger partial charge in [0.05, 0.1) is 6.10 Å². The summed E-state index contributed by atoms with van der Waals surface area (Å²) in [6, 6.07) is 16.7. The molecular weight excluding hydrogens is 402 g/mol. The van der Waals surface area contributed by atoms with Crippen molar-refractivity contribution in [3.05, 3.63) is 65.2 Å². The van der Waals surface area contributed by atoms with E-state index in [-0.39, 0.29) is 12.5 Å². The third-order valence-corrected chi connectivity index (χ3v) is 6.59. The number of ether oxygens (including phenoxy) is 1. The Hall–Kier alpha value is -2.41. The zero-order valence-electron chi connectivity index (χ0n) is 19.0. The van der Waals surface area contributed by atoms with E-state index in [9.17, 15) is 9.90 Å². The van der Waals surface area contributed by atoms with Gasteiger partial charge in [0, 0.05) is 63.2 Å². The summed E-state index contributed by atoms with van der Waals surface area (Å²) >= 11 is 0. The second-order valence-electron chi connectivity index (χ2n) is 8.80. The van der Waals surface area contributed by atoms with Gasteiger partial charge in [-0.3, -0.25) is 9.69 Å². The van der Waals surface area contributed by atoms with Crippen LogP contribution in [0.1, 0.15) is 41.3 Å². The van der Waals surface area contributed by atoms with E-state index in [1.54, 1.807) is 0 Å². The first-order valence-electron chi connectivity index (χ1n) is 11.8. The third kappa shape index (κ3) is 5.68. The SMILES string of the molecule is CCN(c1cccc(C(=O)NCC(O)CN2CCc3ccccc3C2)c1)C1CCOCC1. The number of carbonyl (C=O) groups is 1. The summed E-state index contributed by atoms with van der Waals surface area (Å²) in [6.45, 7) is 7.22. The molecule has 2 aromatic rings. The fraction of sp³-hybridized carbons (Fsp3) is 0.500. The van der Waals surface area contributed by atoms with E-state index in [0.717, 1.165) is 57.8 Å². The van der Waals surface area contributed by atoms with Crippen LogP contribution in [-0.2, 0) is 17.7 Å². The number of hydrogen-bond acceptors (Lipinski definition) is 5. The molecule has 32 heavy (non-hydrogen) atoms. The van der Waals surface area contributed by atoms with E-state index >= 15 is 0 Å². The number of β-amino-alcohol motifs (C(OH)–C–C–N with tert-alkyl or cyclic N) is 1. The number of benzene rings is 2. The van der Waals surface area contributed by atoms with Crippen molar-refractivity contribution in [2.45, 2.75) is 44.9 Å². The molecule has 0 saturated carbocycles. The highest BCUT2D eigenvalue weighted by atomic mass is 16.5. The lowest BCUT2D eigenvalue weighted by molar-refractivity contribution is 0.0838. The standard InChI is InChI=1S/C26H35N3O3/c1-2-29(23-11-14-32-15-12-23)24-9-5-8-21(16-24)26(31)27-17-25(30)19-28-13-10-20-6-3-4-7-22(20)18-28/h3-9,16,23,25,30H,2,10-15,17-19H2,1H3,(H,27,31). The average molecular weight is 438 g/mol. The highest BCUT2D eigenvalue weighted by molar-refractivity contribution is 5.95. The summed E-state index contributed by atoms with van der Waals surface area (Å²) in [4.78, 5) is 17.4. The Kier molecular flexibility index (Phi) is 7.79. The molecule has 1 amide bonds. The summed E-state index contributed by atoms with van der Waals surface area (Å²) in [7, 11) is 0. The molecule has 1 unspecified atom stereocenters. The maximum absolute atomic E-state index is 12.8. The molecule has 0 aromatic heterocycles. The Labute approximate surface area is 191 Å². The minimum atomic E-state index is -0.596. The molecule has 2 heterocycles. The van der Waals surface area contributed by atoms with Gasteiger partial charge in [0.25, 0.3) is 5.91 Å². The van der Waals surface area contributed by atoms with Crippen molar-refractivity contribution in [3.8, 4) is 0 Å². The molecule has 1 fully saturated rings. The second-order valence-corrected chi connectivity index (χ2v) is 8.80. The van der Waals surface area contributed by atoms with E-state index in [4.69, 9.17) is 4.74 Å². The first-order chi connectivity index (χ1) is 15.6. The van der Waals surface area contributed by atoms with E-state index in [1.807, 2.05) is 18.2 Å². The predicted molar refractivity (Wildman–Crippen MR) is 127 cm³/mol. The molecule has 4 rings (SSSR count). The first-order valence-corrected chi connectivity index (χ1v) is 11.8. The second kappa shape index (κ2) is 10.9. The normalized spacial score (nSPS) is 18.1. The Balaban J connectivity index is 1.29. The van der Waals surface area contributed by atoms with Crippen molar-refractivity contribution in [1.82, 2.24) is 10.2 Å². The molecule has 2 aliphatic rings. The Morgan fingerprint density at radius 1 is 1.19 bits per heavy atom. The topological polar surface area (TPSA) is 65.0 Å². The smallest absolute Gasteiger partial charge is 0.251 e. The monoisotopic (exact) mass is 437 g/mol. The highest BCUT2D eigenvalue weighted by Crippen LogP contribution is 2.24. The van der Waals surface area contributed by atoms with E-state index < -0.39 is 6.10 Å². The Bertz CT molecular complexity index is 897. The van der Waals surface area contributed by atoms with E-state index in [1.165, 1.54) is 11.1 Å². The van der Waals surface area contributed by atoms with Crippen LogP contribution < -0.4 is 10.2 Å². The van der Waals surface area contributed by atoms with Gasteiger partial charge in [-0.05, 0) is 55.5 Å². The number of aliphatic hydroxyl groups is 1. The molecule has 0 spiro atoms. The van der Waals surface area contributed by atoms with Gasteiger partial charge in [-0.2, -0.15) is 0 Å². The average Bonchev–Trinajstić information content (AvgIpc) is 2.84. The molecule has 2 N–H and O–H groups in total. The molecule has 0 aliphatic carbocycles. The van der Waals surface area contributed by atoms with Gasteiger partial charge in [0.2, 0.25) is 0 Å². The maximum Gasteiger partial charge on any atom is 0.251 e. The Morgan fingerprint density at radius 2 is 1.97 bits per heavy atom. The van der Waals surface area contributed by atoms with Gasteiger partial charge in [-0.25, -0.2) is 0 Å². The Morgan fingerprint density at radius 3 is 2.75 bits per heavy atom. The van der Waals surface area contributed by atoms with Crippen LogP contribution in [0.4, 0.5) is 5.69 Å². The quantitative estimate of drug-likeness (QED) is 0.665. The number of fused-ring (bicyclic) bond motifs is 1. The van der Waals surface area contributed by atoms with Crippen LogP contribution in [0.25, 0.3) is 0 Å². The van der Waals surface area contributed by atoms with E-state index in [2.05, 4.69) is 52.4 Å². The molecule has 1 atom stereocenters. The van der Waals surface area contributed by atoms with Gasteiger partial charge < -0.3 is 20.1 Å². The van der Waals surface area contributed by atoms with Crippen LogP contribution in [0.5, 0.6) is 0 Å². The minimum absolute atomic E-state index is 0.141. The van der Waals surface area contributed by atoms with Crippen LogP contribution in [0.3, 0.4) is 0 Å². The molecule has 0 bridgehead atoms. The van der Waals surface area contributed by atoms with Crippen LogP contribution in [-0.4, -0.2) is 67.5 Å². The lowest BCUT2D eigenvalue weighted by Gasteiger charge is -2.35. The molecule has 6 heteroatoms. The molecule has 172 valence electrons. The van der Waals surface area contributed by atoms with Gasteiger partial charge in [0.15, 0.2) is 0 Å². The van der Waals surface area contributed by atoms with Crippen LogP contribution in [0, 0.1) is 0 Å². The van der Waals surface area contributed by atoms with Crippen molar-refractivity contribution in [1.29, 1.82) is 0 Å². The fourth-order valence-corrected chi connectivity index (χ4v) is 4.86. The summed E-state index contributed by atoms with van der Waals surface area (Å²) < 4.78 is 5.50. The molecule has 6 nitrogen and oxygen atoms in total. The predicted octanol–water partition coefficient (Wildman–Crippen LogP) is 2.84. The fourth-order valence-electron chi connectivity index (χ4n) is 4.86. The third-order valence-electron chi connectivity index (χ3n) is 6.59. The molecular formula is C26H35N3O3. The van der Waals surface area contributed by atoms with Crippen molar-refractivity contribution in [2.75, 3.05) is 44.3 Å². The number of nitrogens with zero attached hydrogens (tertiary/aromatic N) is 2. The maximum atomic E-state index is 12.8. The first kappa shape index (κ1) is 22.8. The molecule has 1 saturated heterocycles. The summed E-state index contributed by atoms with van der Waals surface area (Å²) in [5.41, 5.74) is 4.43. The van der Waals surface area contributed by atoms with Gasteiger partial charge >= 0.3 is 0 Å². The number of nitrogens with one attached hydrogen (secondary N) is 1. The number of rotatable bonds is 8. The number of hydrogen-bond donors (Lipinski definition) is 2. The number of aliphatic hydroxyl groups excluding tert-OH is 1. The largest absolute Gasteiger partial charge is 0.390 e. The van der Waals surface area contributed by atoms with Crippen molar-refractivity contribution in [3.63, 3.8) is 0 Å². The number of carbonyl (C=O) groups excluding carboxylic acids is 1. The van der Waals surface area contributed by atoms with Crippen molar-refractivity contribution < 1.29 is 14.6 Å². The zero-order chi connectivity index (χ0) is 22.3. The molecule has 2 aromatic carbocycles. The van der Waals surface area contributed by atoms with Crippen LogP contribution >= 0.6 is 0 Å².